The van der Waals surface area contributed by atoms with Crippen LogP contribution in [0.15, 0.2) is 0 Å². The van der Waals surface area contributed by atoms with Crippen LogP contribution in [-0.2, 0) is 9.59 Å². The van der Waals surface area contributed by atoms with Crippen molar-refractivity contribution in [1.29, 1.82) is 0 Å². The Kier molecular flexibility index (Phi) is 5.79. The lowest BCUT2D eigenvalue weighted by Gasteiger charge is -2.37. The van der Waals surface area contributed by atoms with Gasteiger partial charge in [0.25, 0.3) is 0 Å². The molecule has 1 aliphatic rings. The summed E-state index contributed by atoms with van der Waals surface area (Å²) in [5, 5.41) is 8.65. The molecular weight excluding hydrogens is 262 g/mol. The number of hydrogen-bond acceptors (Lipinski definition) is 3. The largest absolute Gasteiger partial charge is 0.481 e. The first-order chi connectivity index (χ1) is 9.32. The quantitative estimate of drug-likeness (QED) is 0.795. The maximum atomic E-state index is 12.4. The van der Waals surface area contributed by atoms with Crippen molar-refractivity contribution < 1.29 is 19.5 Å². The number of piperazine rings is 1. The summed E-state index contributed by atoms with van der Waals surface area (Å²) >= 11 is 0. The Hall–Kier alpha value is -1.79. The third-order valence-corrected chi connectivity index (χ3v) is 3.39. The Morgan fingerprint density at radius 3 is 2.50 bits per heavy atom. The lowest BCUT2D eigenvalue weighted by Crippen LogP contribution is -2.55. The van der Waals surface area contributed by atoms with E-state index in [4.69, 9.17) is 5.11 Å². The van der Waals surface area contributed by atoms with Gasteiger partial charge in [0.05, 0.1) is 0 Å². The summed E-state index contributed by atoms with van der Waals surface area (Å²) in [5.41, 5.74) is 0. The smallest absolute Gasteiger partial charge is 0.320 e. The Bertz CT molecular complexity index is 384. The molecule has 7 heteroatoms. The van der Waals surface area contributed by atoms with E-state index >= 15 is 0 Å². The molecule has 114 valence electrons. The monoisotopic (exact) mass is 285 g/mol. The minimum atomic E-state index is -0.865. The van der Waals surface area contributed by atoms with Gasteiger partial charge in [-0.25, -0.2) is 4.79 Å². The standard InChI is InChI=1S/C13H23N3O4/c1-10(2)16(6-4-5-12(18)19)13(20)15-8-7-14(3)11(17)9-15/h10H,4-9H2,1-3H3,(H,18,19). The predicted molar refractivity (Wildman–Crippen MR) is 73.3 cm³/mol. The highest BCUT2D eigenvalue weighted by Crippen LogP contribution is 2.10. The summed E-state index contributed by atoms with van der Waals surface area (Å²) in [6.45, 7) is 5.31. The van der Waals surface area contributed by atoms with Crippen molar-refractivity contribution in [3.8, 4) is 0 Å². The zero-order valence-corrected chi connectivity index (χ0v) is 12.3. The average molecular weight is 285 g/mol. The molecule has 0 spiro atoms. The first-order valence-electron chi connectivity index (χ1n) is 6.84. The van der Waals surface area contributed by atoms with Crippen LogP contribution < -0.4 is 0 Å². The molecule has 1 saturated heterocycles. The molecule has 3 amide bonds. The number of hydrogen-bond donors (Lipinski definition) is 1. The first kappa shape index (κ1) is 16.3. The predicted octanol–water partition coefficient (Wildman–Crippen LogP) is 0.456. The van der Waals surface area contributed by atoms with Gasteiger partial charge in [-0.05, 0) is 20.3 Å². The molecule has 0 aromatic rings. The molecular formula is C13H23N3O4. The summed E-state index contributed by atoms with van der Waals surface area (Å²) in [6, 6.07) is -0.210. The fourth-order valence-corrected chi connectivity index (χ4v) is 2.08. The van der Waals surface area contributed by atoms with E-state index in [0.29, 0.717) is 26.1 Å². The average Bonchev–Trinajstić information content (AvgIpc) is 2.36. The minimum absolute atomic E-state index is 0.0222. The number of amides is 3. The zero-order valence-electron chi connectivity index (χ0n) is 12.3. The van der Waals surface area contributed by atoms with Crippen LogP contribution in [0.5, 0.6) is 0 Å². The van der Waals surface area contributed by atoms with E-state index in [0.717, 1.165) is 0 Å². The van der Waals surface area contributed by atoms with E-state index in [1.807, 2.05) is 13.8 Å². The summed E-state index contributed by atoms with van der Waals surface area (Å²) < 4.78 is 0. The molecule has 0 bridgehead atoms. The highest BCUT2D eigenvalue weighted by Gasteiger charge is 2.29. The summed E-state index contributed by atoms with van der Waals surface area (Å²) in [7, 11) is 1.72. The number of carbonyl (C=O) groups excluding carboxylic acids is 2. The van der Waals surface area contributed by atoms with Gasteiger partial charge in [0.15, 0.2) is 0 Å². The van der Waals surface area contributed by atoms with Crippen molar-refractivity contribution in [2.45, 2.75) is 32.7 Å². The number of rotatable bonds is 5. The normalized spacial score (nSPS) is 15.7. The number of carbonyl (C=O) groups is 3. The molecule has 0 saturated carbocycles. The van der Waals surface area contributed by atoms with Crippen molar-refractivity contribution in [2.75, 3.05) is 33.2 Å². The molecule has 0 aliphatic carbocycles. The maximum Gasteiger partial charge on any atom is 0.320 e. The molecule has 0 radical (unpaired) electrons. The van der Waals surface area contributed by atoms with Gasteiger partial charge in [-0.3, -0.25) is 9.59 Å². The van der Waals surface area contributed by atoms with Gasteiger partial charge in [-0.1, -0.05) is 0 Å². The van der Waals surface area contributed by atoms with Crippen molar-refractivity contribution in [1.82, 2.24) is 14.7 Å². The number of likely N-dealkylation sites (N-methyl/N-ethyl adjacent to an activating group) is 1. The van der Waals surface area contributed by atoms with E-state index < -0.39 is 5.97 Å². The molecule has 1 heterocycles. The summed E-state index contributed by atoms with van der Waals surface area (Å²) in [5.74, 6) is -0.935. The Morgan fingerprint density at radius 2 is 2.00 bits per heavy atom. The zero-order chi connectivity index (χ0) is 15.3. The summed E-state index contributed by atoms with van der Waals surface area (Å²) in [4.78, 5) is 39.3. The molecule has 1 rings (SSSR count). The second kappa shape index (κ2) is 7.12. The lowest BCUT2D eigenvalue weighted by atomic mass is 10.2. The van der Waals surface area contributed by atoms with Gasteiger partial charge in [-0.2, -0.15) is 0 Å². The molecule has 1 fully saturated rings. The maximum absolute atomic E-state index is 12.4. The summed E-state index contributed by atoms with van der Waals surface area (Å²) in [6.07, 6.45) is 0.457. The van der Waals surface area contributed by atoms with Crippen LogP contribution in [0.2, 0.25) is 0 Å². The topological polar surface area (TPSA) is 81.2 Å². The van der Waals surface area contributed by atoms with Gasteiger partial charge in [0.1, 0.15) is 6.54 Å². The number of aliphatic carboxylic acids is 1. The fraction of sp³-hybridized carbons (Fsp3) is 0.769. The van der Waals surface area contributed by atoms with E-state index in [1.54, 1.807) is 16.8 Å². The molecule has 7 nitrogen and oxygen atoms in total. The minimum Gasteiger partial charge on any atom is -0.481 e. The first-order valence-corrected chi connectivity index (χ1v) is 6.84. The Morgan fingerprint density at radius 1 is 1.35 bits per heavy atom. The van der Waals surface area contributed by atoms with Gasteiger partial charge < -0.3 is 19.8 Å². The molecule has 0 aromatic carbocycles. The molecule has 20 heavy (non-hydrogen) atoms. The van der Waals surface area contributed by atoms with E-state index in [-0.39, 0.29) is 30.9 Å². The second-order valence-electron chi connectivity index (χ2n) is 5.30. The highest BCUT2D eigenvalue weighted by atomic mass is 16.4. The fourth-order valence-electron chi connectivity index (χ4n) is 2.08. The van der Waals surface area contributed by atoms with Crippen LogP contribution in [0, 0.1) is 0 Å². The van der Waals surface area contributed by atoms with E-state index in [9.17, 15) is 14.4 Å². The second-order valence-corrected chi connectivity index (χ2v) is 5.30. The molecule has 1 N–H and O–H groups in total. The van der Waals surface area contributed by atoms with Gasteiger partial charge >= 0.3 is 12.0 Å². The van der Waals surface area contributed by atoms with Crippen LogP contribution in [-0.4, -0.2) is 77.0 Å². The molecule has 1 aliphatic heterocycles. The van der Waals surface area contributed by atoms with Gasteiger partial charge in [0, 0.05) is 39.1 Å². The van der Waals surface area contributed by atoms with E-state index in [2.05, 4.69) is 0 Å². The molecule has 0 unspecified atom stereocenters. The van der Waals surface area contributed by atoms with Crippen molar-refractivity contribution in [3.05, 3.63) is 0 Å². The molecule has 0 atom stereocenters. The van der Waals surface area contributed by atoms with Gasteiger partial charge in [-0.15, -0.1) is 0 Å². The number of nitrogens with zero attached hydrogens (tertiary/aromatic N) is 3. The van der Waals surface area contributed by atoms with Crippen molar-refractivity contribution in [3.63, 3.8) is 0 Å². The number of urea groups is 1. The van der Waals surface area contributed by atoms with Crippen molar-refractivity contribution in [2.24, 2.45) is 0 Å². The third kappa shape index (κ3) is 4.40. The highest BCUT2D eigenvalue weighted by molar-refractivity contribution is 5.85. The Balaban J connectivity index is 2.59. The van der Waals surface area contributed by atoms with Gasteiger partial charge in [0.2, 0.25) is 5.91 Å². The van der Waals surface area contributed by atoms with Crippen molar-refractivity contribution >= 4 is 17.9 Å². The SMILES string of the molecule is CC(C)N(CCCC(=O)O)C(=O)N1CCN(C)C(=O)C1. The van der Waals surface area contributed by atoms with Crippen LogP contribution in [0.4, 0.5) is 4.79 Å². The molecule has 0 aromatic heterocycles. The number of carboxylic acids is 1. The van der Waals surface area contributed by atoms with Crippen LogP contribution >= 0.6 is 0 Å². The third-order valence-electron chi connectivity index (χ3n) is 3.39. The van der Waals surface area contributed by atoms with Crippen LogP contribution in [0.3, 0.4) is 0 Å². The van der Waals surface area contributed by atoms with E-state index in [1.165, 1.54) is 4.90 Å². The van der Waals surface area contributed by atoms with Crippen LogP contribution in [0.1, 0.15) is 26.7 Å². The van der Waals surface area contributed by atoms with Crippen LogP contribution in [0.25, 0.3) is 0 Å². The Labute approximate surface area is 119 Å². The lowest BCUT2D eigenvalue weighted by molar-refractivity contribution is -0.137. The number of carboxylic acid groups (broad SMARTS) is 1.